The summed E-state index contributed by atoms with van der Waals surface area (Å²) in [6, 6.07) is 0. The van der Waals surface area contributed by atoms with E-state index in [2.05, 4.69) is 15.0 Å². The Labute approximate surface area is 136 Å². The van der Waals surface area contributed by atoms with Gasteiger partial charge >= 0.3 is 5.98 Å². The first-order valence-electron chi connectivity index (χ1n) is 6.76. The molecule has 7 N–H and O–H groups in total. The summed E-state index contributed by atoms with van der Waals surface area (Å²) in [5, 5.41) is 20.7. The van der Waals surface area contributed by atoms with Crippen molar-refractivity contribution in [2.45, 2.75) is 30.7 Å². The first-order valence-corrected chi connectivity index (χ1v) is 8.04. The van der Waals surface area contributed by atoms with Crippen LogP contribution in [0.1, 0.15) is 6.92 Å². The third-order valence-corrected chi connectivity index (χ3v) is 4.32. The summed E-state index contributed by atoms with van der Waals surface area (Å²) in [4.78, 5) is 20.5. The van der Waals surface area contributed by atoms with Gasteiger partial charge in [0.1, 0.15) is 30.4 Å². The van der Waals surface area contributed by atoms with Gasteiger partial charge in [0.2, 0.25) is 8.53 Å². The Bertz CT molecular complexity index is 760. The van der Waals surface area contributed by atoms with Gasteiger partial charge in [0.25, 0.3) is 0 Å². The molecule has 0 aromatic carbocycles. The van der Waals surface area contributed by atoms with E-state index in [9.17, 15) is 10.2 Å². The lowest BCUT2D eigenvalue weighted by atomic mass is 9.95. The van der Waals surface area contributed by atoms with Crippen molar-refractivity contribution in [3.63, 3.8) is 0 Å². The molecule has 0 spiro atoms. The first kappa shape index (κ1) is 17.3. The van der Waals surface area contributed by atoms with Crippen molar-refractivity contribution < 1.29 is 28.8 Å². The summed E-state index contributed by atoms with van der Waals surface area (Å²) in [6.07, 6.45) is -0.827. The van der Waals surface area contributed by atoms with Crippen LogP contribution in [0.5, 0.6) is 0 Å². The molecule has 1 unspecified atom stereocenters. The molecule has 1 saturated heterocycles. The highest BCUT2D eigenvalue weighted by Gasteiger charge is 2.66. The number of fused-ring (bicyclic) bond motifs is 1. The maximum Gasteiger partial charge on any atom is 0.328 e. The molecule has 11 nitrogen and oxygen atoms in total. The van der Waals surface area contributed by atoms with Crippen LogP contribution in [0.2, 0.25) is 0 Å². The fourth-order valence-corrected chi connectivity index (χ4v) is 2.87. The Balaban J connectivity index is 2.02. The van der Waals surface area contributed by atoms with Crippen LogP contribution in [0.4, 0.5) is 10.2 Å². The Morgan fingerprint density at radius 2 is 2.21 bits per heavy atom. The lowest BCUT2D eigenvalue weighted by Crippen LogP contribution is -2.53. The van der Waals surface area contributed by atoms with Crippen molar-refractivity contribution in [3.05, 3.63) is 12.7 Å². The fourth-order valence-electron chi connectivity index (χ4n) is 2.57. The highest BCUT2D eigenvalue weighted by atomic mass is 31.2. The van der Waals surface area contributed by atoms with Crippen LogP contribution < -0.4 is 11.2 Å². The van der Waals surface area contributed by atoms with E-state index in [-0.39, 0.29) is 17.0 Å². The molecule has 3 heterocycles. The van der Waals surface area contributed by atoms with Crippen molar-refractivity contribution in [1.82, 2.24) is 19.5 Å². The van der Waals surface area contributed by atoms with Crippen LogP contribution in [0.25, 0.3) is 11.2 Å². The van der Waals surface area contributed by atoms with Crippen LogP contribution in [-0.2, 0) is 15.2 Å². The smallest absolute Gasteiger partial charge is 0.328 e. The summed E-state index contributed by atoms with van der Waals surface area (Å²) in [5.41, 5.74) is 8.46. The molecule has 0 aliphatic carbocycles. The van der Waals surface area contributed by atoms with E-state index in [0.717, 1.165) is 24.1 Å². The number of anilines is 1. The number of hydrogen-bond acceptors (Lipinski definition) is 10. The first-order chi connectivity index (χ1) is 11.2. The van der Waals surface area contributed by atoms with Gasteiger partial charge in [-0.05, 0) is 6.92 Å². The number of nitrogen functional groups attached to an aromatic ring is 1. The van der Waals surface area contributed by atoms with Gasteiger partial charge in [-0.15, -0.1) is 0 Å². The second-order valence-electron chi connectivity index (χ2n) is 5.45. The number of rotatable bonds is 4. The monoisotopic (exact) mass is 362 g/mol. The van der Waals surface area contributed by atoms with Gasteiger partial charge in [0.15, 0.2) is 17.1 Å². The summed E-state index contributed by atoms with van der Waals surface area (Å²) < 4.78 is 26.4. The van der Waals surface area contributed by atoms with Crippen molar-refractivity contribution in [1.29, 1.82) is 0 Å². The predicted molar refractivity (Wildman–Crippen MR) is 79.6 cm³/mol. The number of alkyl halides is 1. The molecular weight excluding hydrogens is 346 g/mol. The third-order valence-electron chi connectivity index (χ3n) is 3.90. The molecule has 5 atom stereocenters. The largest absolute Gasteiger partial charge is 0.387 e. The highest BCUT2D eigenvalue weighted by molar-refractivity contribution is 7.43. The van der Waals surface area contributed by atoms with E-state index in [1.165, 1.54) is 0 Å². The number of hydrogen-bond donors (Lipinski definition) is 5. The Morgan fingerprint density at radius 3 is 2.88 bits per heavy atom. The molecule has 3 rings (SSSR count). The predicted octanol–water partition coefficient (Wildman–Crippen LogP) is -1.31. The number of aromatic nitrogens is 4. The maximum absolute atomic E-state index is 15.6. The second-order valence-corrected chi connectivity index (χ2v) is 6.32. The number of aliphatic hydroxyl groups excluding tert-OH is 1. The molecule has 0 saturated carbocycles. The van der Waals surface area contributed by atoms with Crippen LogP contribution in [0.15, 0.2) is 12.7 Å². The minimum Gasteiger partial charge on any atom is -0.387 e. The number of imidazole rings is 1. The Morgan fingerprint density at radius 1 is 1.50 bits per heavy atom. The van der Waals surface area contributed by atoms with Gasteiger partial charge in [-0.2, -0.15) is 4.39 Å². The summed E-state index contributed by atoms with van der Waals surface area (Å²) in [7, 11) is -2.23. The number of nitrogens with zero attached hydrogens (tertiary/aromatic N) is 4. The van der Waals surface area contributed by atoms with Gasteiger partial charge in [0, 0.05) is 0 Å². The van der Waals surface area contributed by atoms with Gasteiger partial charge in [-0.3, -0.25) is 10.1 Å². The molecule has 2 aromatic heterocycles. The van der Waals surface area contributed by atoms with Crippen LogP contribution >= 0.6 is 8.53 Å². The molecule has 1 fully saturated rings. The van der Waals surface area contributed by atoms with Gasteiger partial charge in [-0.25, -0.2) is 15.0 Å². The zero-order valence-corrected chi connectivity index (χ0v) is 13.3. The fraction of sp³-hybridized carbons (Fsp3) is 0.545. The third kappa shape index (κ3) is 2.43. The molecule has 24 heavy (non-hydrogen) atoms. The van der Waals surface area contributed by atoms with Gasteiger partial charge in [0.05, 0.1) is 6.61 Å². The standard InChI is InChI=1S/C11H16FN6O5P/c1-10(20)7(19)5(2-22-24(14)21)23-11(10,12)18-4-17-6-8(13)15-3-16-9(6)18/h3-5,7,19-21H,2,14H2,1H3,(H2,13,15,16)/t5-,7-,10-,11+,24?/m1/s1. The van der Waals surface area contributed by atoms with Crippen molar-refractivity contribution in [2.75, 3.05) is 12.3 Å². The van der Waals surface area contributed by atoms with Crippen molar-refractivity contribution in [2.24, 2.45) is 5.50 Å². The van der Waals surface area contributed by atoms with E-state index >= 15 is 4.39 Å². The van der Waals surface area contributed by atoms with Gasteiger partial charge < -0.3 is 30.1 Å². The number of halogens is 1. The minimum atomic E-state index is -2.91. The van der Waals surface area contributed by atoms with E-state index in [1.807, 2.05) is 0 Å². The zero-order chi connectivity index (χ0) is 17.7. The van der Waals surface area contributed by atoms with E-state index in [1.54, 1.807) is 0 Å². The maximum atomic E-state index is 15.6. The normalized spacial score (nSPS) is 34.8. The average molecular weight is 362 g/mol. The summed E-state index contributed by atoms with van der Waals surface area (Å²) in [5.74, 6) is -2.89. The Kier molecular flexibility index (Phi) is 4.16. The molecule has 2 aromatic rings. The second kappa shape index (κ2) is 5.77. The van der Waals surface area contributed by atoms with E-state index in [4.69, 9.17) is 25.4 Å². The minimum absolute atomic E-state index is 0.0227. The number of ether oxygens (including phenoxy) is 1. The lowest BCUT2D eigenvalue weighted by Gasteiger charge is -2.32. The quantitative estimate of drug-likeness (QED) is 0.411. The van der Waals surface area contributed by atoms with Crippen LogP contribution in [0.3, 0.4) is 0 Å². The lowest BCUT2D eigenvalue weighted by molar-refractivity contribution is -0.269. The molecule has 1 aliphatic heterocycles. The van der Waals surface area contributed by atoms with Crippen LogP contribution in [0, 0.1) is 0 Å². The molecule has 0 bridgehead atoms. The summed E-state index contributed by atoms with van der Waals surface area (Å²) in [6.45, 7) is 0.629. The van der Waals surface area contributed by atoms with Crippen molar-refractivity contribution in [3.8, 4) is 0 Å². The van der Waals surface area contributed by atoms with Crippen molar-refractivity contribution >= 4 is 25.5 Å². The summed E-state index contributed by atoms with van der Waals surface area (Å²) >= 11 is 0. The van der Waals surface area contributed by atoms with E-state index in [0.29, 0.717) is 0 Å². The average Bonchev–Trinajstić information content (AvgIpc) is 3.01. The molecule has 1 aliphatic rings. The molecule has 132 valence electrons. The Hall–Kier alpha value is -1.53. The van der Waals surface area contributed by atoms with Gasteiger partial charge in [-0.1, -0.05) is 0 Å². The molecular formula is C11H16FN6O5P. The molecule has 0 amide bonds. The highest BCUT2D eigenvalue weighted by Crippen LogP contribution is 2.46. The molecule has 13 heteroatoms. The number of nitrogens with two attached hydrogens (primary N) is 2. The molecule has 0 radical (unpaired) electrons. The van der Waals surface area contributed by atoms with E-state index < -0.39 is 38.9 Å². The zero-order valence-electron chi connectivity index (χ0n) is 12.4. The topological polar surface area (TPSA) is 175 Å². The SMILES string of the molecule is C[C@@]1(O)[C@H](O)[C@@H](COP(N)O)O[C@@]1(F)n1cnc2c(N)ncnc21. The number of aliphatic hydroxyl groups is 2. The van der Waals surface area contributed by atoms with Crippen LogP contribution in [-0.4, -0.2) is 59.0 Å².